The molecule has 0 unspecified atom stereocenters. The number of fused-ring (bicyclic) bond motifs is 3. The van der Waals surface area contributed by atoms with E-state index in [0.717, 1.165) is 34.4 Å². The molecular formula is C25H27FN2O3S. The monoisotopic (exact) mass is 454 g/mol. The maximum absolute atomic E-state index is 13.9. The Morgan fingerprint density at radius 2 is 1.91 bits per heavy atom. The Balaban J connectivity index is 1.96. The number of likely N-dealkylation sites (N-methyl/N-ethyl adjacent to an activating group) is 1. The van der Waals surface area contributed by atoms with Crippen LogP contribution in [0.4, 0.5) is 4.39 Å². The van der Waals surface area contributed by atoms with Crippen molar-refractivity contribution in [2.45, 2.75) is 25.6 Å². The number of ether oxygens (including phenoxy) is 1. The van der Waals surface area contributed by atoms with Crippen LogP contribution in [0.2, 0.25) is 0 Å². The van der Waals surface area contributed by atoms with Crippen molar-refractivity contribution in [1.29, 1.82) is 0 Å². The van der Waals surface area contributed by atoms with Crippen LogP contribution in [0.15, 0.2) is 59.2 Å². The summed E-state index contributed by atoms with van der Waals surface area (Å²) in [6.45, 7) is 4.47. The van der Waals surface area contributed by atoms with Crippen LogP contribution >= 0.6 is 0 Å². The van der Waals surface area contributed by atoms with Crippen LogP contribution in [0, 0.1) is 5.82 Å². The second kappa shape index (κ2) is 8.54. The van der Waals surface area contributed by atoms with Gasteiger partial charge in [-0.05, 0) is 41.8 Å². The van der Waals surface area contributed by atoms with Crippen LogP contribution < -0.4 is 4.74 Å². The predicted octanol–water partition coefficient (Wildman–Crippen LogP) is 4.22. The lowest BCUT2D eigenvalue weighted by atomic mass is 9.88. The first-order valence-corrected chi connectivity index (χ1v) is 12.4. The molecule has 0 saturated carbocycles. The van der Waals surface area contributed by atoms with Gasteiger partial charge in [0.1, 0.15) is 11.6 Å². The van der Waals surface area contributed by atoms with E-state index >= 15 is 0 Å². The lowest BCUT2D eigenvalue weighted by molar-refractivity contribution is 0.410. The molecule has 2 aliphatic heterocycles. The number of benzene rings is 2. The van der Waals surface area contributed by atoms with Crippen LogP contribution in [0.5, 0.6) is 5.75 Å². The molecular weight excluding hydrogens is 427 g/mol. The number of hydrogen-bond donors (Lipinski definition) is 0. The maximum atomic E-state index is 13.9. The Morgan fingerprint density at radius 1 is 1.16 bits per heavy atom. The number of sulfone groups is 1. The SMILES string of the molecule is CCS(=O)(=O)Cc1ccc2c(c1)C1=CN(C)CC=C1[C@H](C)N=C2c1ccc(F)cc1OC. The van der Waals surface area contributed by atoms with Crippen LogP contribution in [0.1, 0.15) is 36.1 Å². The number of hydrogen-bond acceptors (Lipinski definition) is 5. The number of aliphatic imine (C=N–C) groups is 1. The number of methoxy groups -OCH3 is 1. The Morgan fingerprint density at radius 3 is 2.62 bits per heavy atom. The molecule has 0 amide bonds. The third-order valence-corrected chi connectivity index (χ3v) is 7.56. The molecule has 0 spiro atoms. The number of halogens is 1. The van der Waals surface area contributed by atoms with Gasteiger partial charge in [-0.3, -0.25) is 4.99 Å². The third kappa shape index (κ3) is 4.21. The van der Waals surface area contributed by atoms with E-state index in [0.29, 0.717) is 17.0 Å². The van der Waals surface area contributed by atoms with Crippen molar-refractivity contribution < 1.29 is 17.5 Å². The zero-order valence-electron chi connectivity index (χ0n) is 18.7. The molecule has 0 fully saturated rings. The Bertz CT molecular complexity index is 1260. The molecule has 7 heteroatoms. The van der Waals surface area contributed by atoms with Crippen molar-refractivity contribution in [2.75, 3.05) is 26.5 Å². The molecule has 168 valence electrons. The molecule has 0 bridgehead atoms. The van der Waals surface area contributed by atoms with Crippen molar-refractivity contribution >= 4 is 21.1 Å². The molecule has 0 N–H and O–H groups in total. The topological polar surface area (TPSA) is 59.0 Å². The second-order valence-electron chi connectivity index (χ2n) is 8.20. The fourth-order valence-electron chi connectivity index (χ4n) is 4.20. The van der Waals surface area contributed by atoms with E-state index in [4.69, 9.17) is 9.73 Å². The first kappa shape index (κ1) is 22.3. The summed E-state index contributed by atoms with van der Waals surface area (Å²) in [5, 5.41) is 0. The minimum absolute atomic E-state index is 0.0130. The van der Waals surface area contributed by atoms with Gasteiger partial charge >= 0.3 is 0 Å². The fourth-order valence-corrected chi connectivity index (χ4v) is 5.09. The Kier molecular flexibility index (Phi) is 5.95. The van der Waals surface area contributed by atoms with E-state index < -0.39 is 9.84 Å². The molecule has 0 aliphatic carbocycles. The summed E-state index contributed by atoms with van der Waals surface area (Å²) < 4.78 is 43.9. The van der Waals surface area contributed by atoms with Gasteiger partial charge in [0.25, 0.3) is 0 Å². The van der Waals surface area contributed by atoms with Gasteiger partial charge in [0.15, 0.2) is 9.84 Å². The summed E-state index contributed by atoms with van der Waals surface area (Å²) in [4.78, 5) is 7.12. The molecule has 1 atom stereocenters. The molecule has 5 nitrogen and oxygen atoms in total. The fraction of sp³-hybridized carbons (Fsp3) is 0.320. The third-order valence-electron chi connectivity index (χ3n) is 5.91. The predicted molar refractivity (Wildman–Crippen MR) is 126 cm³/mol. The summed E-state index contributed by atoms with van der Waals surface area (Å²) in [6, 6.07) is 10.0. The van der Waals surface area contributed by atoms with Crippen molar-refractivity contribution in [3.05, 3.63) is 82.3 Å². The molecule has 2 aromatic carbocycles. The first-order chi connectivity index (χ1) is 15.2. The van der Waals surface area contributed by atoms with E-state index in [1.165, 1.54) is 19.2 Å². The van der Waals surface area contributed by atoms with Crippen molar-refractivity contribution in [3.8, 4) is 5.75 Å². The van der Waals surface area contributed by atoms with E-state index in [1.807, 2.05) is 32.2 Å². The minimum Gasteiger partial charge on any atom is -0.496 e. The number of nitrogens with zero attached hydrogens (tertiary/aromatic N) is 2. The molecule has 0 radical (unpaired) electrons. The maximum Gasteiger partial charge on any atom is 0.154 e. The lowest BCUT2D eigenvalue weighted by Crippen LogP contribution is -2.19. The van der Waals surface area contributed by atoms with Gasteiger partial charge in [-0.2, -0.15) is 0 Å². The molecule has 0 aromatic heterocycles. The zero-order valence-corrected chi connectivity index (χ0v) is 19.5. The smallest absolute Gasteiger partial charge is 0.154 e. The molecule has 32 heavy (non-hydrogen) atoms. The summed E-state index contributed by atoms with van der Waals surface area (Å²) in [6.07, 6.45) is 4.25. The normalized spacial score (nSPS) is 18.1. The highest BCUT2D eigenvalue weighted by molar-refractivity contribution is 7.90. The summed E-state index contributed by atoms with van der Waals surface area (Å²) in [7, 11) is 0.341. The average Bonchev–Trinajstić information content (AvgIpc) is 2.88. The van der Waals surface area contributed by atoms with E-state index in [2.05, 4.69) is 17.2 Å². The van der Waals surface area contributed by atoms with Crippen LogP contribution in [0.25, 0.3) is 5.57 Å². The summed E-state index contributed by atoms with van der Waals surface area (Å²) >= 11 is 0. The highest BCUT2D eigenvalue weighted by Crippen LogP contribution is 2.38. The van der Waals surface area contributed by atoms with Gasteiger partial charge in [0, 0.05) is 48.3 Å². The highest BCUT2D eigenvalue weighted by Gasteiger charge is 2.28. The van der Waals surface area contributed by atoms with Crippen molar-refractivity contribution in [3.63, 3.8) is 0 Å². The van der Waals surface area contributed by atoms with Crippen molar-refractivity contribution in [2.24, 2.45) is 4.99 Å². The van der Waals surface area contributed by atoms with Gasteiger partial charge in [0.05, 0.1) is 24.6 Å². The van der Waals surface area contributed by atoms with Gasteiger partial charge < -0.3 is 9.64 Å². The molecule has 2 aromatic rings. The highest BCUT2D eigenvalue weighted by atomic mass is 32.2. The lowest BCUT2D eigenvalue weighted by Gasteiger charge is -2.25. The molecule has 2 heterocycles. The molecule has 4 rings (SSSR count). The van der Waals surface area contributed by atoms with Gasteiger partial charge in [-0.15, -0.1) is 0 Å². The quantitative estimate of drug-likeness (QED) is 0.679. The second-order valence-corrected chi connectivity index (χ2v) is 10.5. The molecule has 2 aliphatic rings. The van der Waals surface area contributed by atoms with Crippen molar-refractivity contribution in [1.82, 2.24) is 4.90 Å². The standard InChI is InChI=1S/C25H27FN2O3S/c1-5-32(29,30)15-17-6-8-20-22(12-17)23-14-28(3)11-10-19(23)16(2)27-25(20)21-9-7-18(26)13-24(21)31-4/h6-10,12-14,16H,5,11,15H2,1-4H3/t16-/m0/s1. The van der Waals surface area contributed by atoms with E-state index in [-0.39, 0.29) is 23.4 Å². The van der Waals surface area contributed by atoms with Crippen LogP contribution in [-0.2, 0) is 15.6 Å². The van der Waals surface area contributed by atoms with E-state index in [1.54, 1.807) is 13.0 Å². The largest absolute Gasteiger partial charge is 0.496 e. The summed E-state index contributed by atoms with van der Waals surface area (Å²) in [5.41, 5.74) is 6.04. The van der Waals surface area contributed by atoms with Crippen LogP contribution in [0.3, 0.4) is 0 Å². The number of rotatable bonds is 5. The Hall–Kier alpha value is -2.93. The van der Waals surface area contributed by atoms with Gasteiger partial charge in [0.2, 0.25) is 0 Å². The first-order valence-electron chi connectivity index (χ1n) is 10.6. The minimum atomic E-state index is -3.18. The summed E-state index contributed by atoms with van der Waals surface area (Å²) in [5.74, 6) is 0.108. The Labute approximate surface area is 188 Å². The average molecular weight is 455 g/mol. The van der Waals surface area contributed by atoms with Gasteiger partial charge in [-0.25, -0.2) is 12.8 Å². The van der Waals surface area contributed by atoms with Crippen LogP contribution in [-0.4, -0.2) is 51.5 Å². The van der Waals surface area contributed by atoms with E-state index in [9.17, 15) is 12.8 Å². The zero-order chi connectivity index (χ0) is 23.0. The molecule has 0 saturated heterocycles. The van der Waals surface area contributed by atoms with Gasteiger partial charge in [-0.1, -0.05) is 25.1 Å².